The van der Waals surface area contributed by atoms with Gasteiger partial charge in [0.05, 0.1) is 6.61 Å². The zero-order valence-corrected chi connectivity index (χ0v) is 16.8. The lowest BCUT2D eigenvalue weighted by Gasteiger charge is -2.27. The number of benzene rings is 2. The molecular weight excluding hydrogens is 418 g/mol. The molecule has 0 saturated carbocycles. The minimum absolute atomic E-state index is 0.0282. The first-order chi connectivity index (χ1) is 14.6. The van der Waals surface area contributed by atoms with Gasteiger partial charge in [0, 0.05) is 13.5 Å². The van der Waals surface area contributed by atoms with Crippen molar-refractivity contribution in [2.45, 2.75) is 31.9 Å². The van der Waals surface area contributed by atoms with Crippen molar-refractivity contribution in [3.63, 3.8) is 0 Å². The van der Waals surface area contributed by atoms with Crippen LogP contribution in [0.1, 0.15) is 23.1 Å². The first-order valence-electron chi connectivity index (χ1n) is 9.36. The molecule has 0 aliphatic carbocycles. The smallest absolute Gasteiger partial charge is 0.387 e. The van der Waals surface area contributed by atoms with Gasteiger partial charge in [-0.25, -0.2) is 13.8 Å². The fraction of sp³-hybridized carbons (Fsp3) is 0.333. The number of guanidine groups is 1. The Bertz CT molecular complexity index is 1000. The number of amides is 1. The molecule has 0 spiro atoms. The first kappa shape index (κ1) is 22.4. The number of carbonyl (C=O) groups is 1. The summed E-state index contributed by atoms with van der Waals surface area (Å²) in [5.41, 5.74) is 5.48. The molecule has 2 N–H and O–H groups in total. The molecule has 10 heteroatoms. The Kier molecular flexibility index (Phi) is 6.37. The maximum absolute atomic E-state index is 13.3. The number of alkyl halides is 4. The van der Waals surface area contributed by atoms with E-state index in [1.165, 1.54) is 36.2 Å². The Morgan fingerprint density at radius 2 is 1.84 bits per heavy atom. The Morgan fingerprint density at radius 3 is 2.42 bits per heavy atom. The number of aliphatic imine (C=N–C) groups is 1. The van der Waals surface area contributed by atoms with E-state index in [-0.39, 0.29) is 24.1 Å². The molecule has 2 aromatic rings. The predicted molar refractivity (Wildman–Crippen MR) is 106 cm³/mol. The summed E-state index contributed by atoms with van der Waals surface area (Å²) < 4.78 is 59.9. The summed E-state index contributed by atoms with van der Waals surface area (Å²) in [4.78, 5) is 18.9. The topological polar surface area (TPSA) is 77.2 Å². The molecule has 6 nitrogen and oxygen atoms in total. The van der Waals surface area contributed by atoms with Gasteiger partial charge in [0.2, 0.25) is 6.43 Å². The summed E-state index contributed by atoms with van der Waals surface area (Å²) in [7, 11) is 1.47. The van der Waals surface area contributed by atoms with Crippen molar-refractivity contribution in [2.75, 3.05) is 13.7 Å². The minimum atomic E-state index is -2.99. The van der Waals surface area contributed by atoms with Crippen LogP contribution >= 0.6 is 0 Å². The number of likely N-dealkylation sites (N-methyl/N-ethyl adjacent to an activating group) is 1. The normalized spacial score (nSPS) is 18.6. The van der Waals surface area contributed by atoms with Gasteiger partial charge in [0.25, 0.3) is 5.91 Å². The summed E-state index contributed by atoms with van der Waals surface area (Å²) in [6.45, 7) is -1.63. The summed E-state index contributed by atoms with van der Waals surface area (Å²) in [6.07, 6.45) is -2.94. The molecule has 0 aromatic heterocycles. The van der Waals surface area contributed by atoms with E-state index in [1.807, 2.05) is 0 Å². The van der Waals surface area contributed by atoms with Crippen molar-refractivity contribution in [1.29, 1.82) is 0 Å². The van der Waals surface area contributed by atoms with Crippen LogP contribution in [0.2, 0.25) is 0 Å². The highest BCUT2D eigenvalue weighted by Gasteiger charge is 2.49. The van der Waals surface area contributed by atoms with E-state index in [4.69, 9.17) is 10.5 Å². The van der Waals surface area contributed by atoms with Crippen molar-refractivity contribution >= 4 is 11.9 Å². The monoisotopic (exact) mass is 439 g/mol. The van der Waals surface area contributed by atoms with Crippen LogP contribution in [-0.2, 0) is 10.3 Å². The first-order valence-corrected chi connectivity index (χ1v) is 9.36. The summed E-state index contributed by atoms with van der Waals surface area (Å²) >= 11 is 0. The molecule has 0 saturated heterocycles. The molecule has 1 heterocycles. The third-order valence-corrected chi connectivity index (χ3v) is 4.91. The number of aryl methyl sites for hydroxylation is 1. The number of hydrogen-bond acceptors (Lipinski definition) is 5. The highest BCUT2D eigenvalue weighted by atomic mass is 19.3. The summed E-state index contributed by atoms with van der Waals surface area (Å²) in [5, 5.41) is 0. The Hall–Kier alpha value is -3.30. The van der Waals surface area contributed by atoms with Crippen LogP contribution in [0, 0.1) is 6.92 Å². The van der Waals surface area contributed by atoms with Crippen LogP contribution in [0.25, 0.3) is 0 Å². The standard InChI is InChI=1S/C21H21F4N3O3/c1-12-10-14(6-7-16(12)31-19(24)25)21(18(29)28(2)20(26)27-21)13-4-3-5-15(11-13)30-9-8-17(22)23/h3-7,10-11,17,19H,8-9H2,1-2H3,(H2,26,27)/t21-/m1/s1. The molecule has 166 valence electrons. The van der Waals surface area contributed by atoms with E-state index >= 15 is 0 Å². The van der Waals surface area contributed by atoms with Crippen LogP contribution in [0.3, 0.4) is 0 Å². The zero-order valence-electron chi connectivity index (χ0n) is 16.8. The number of carbonyl (C=O) groups excluding carboxylic acids is 1. The van der Waals surface area contributed by atoms with Crippen LogP contribution in [0.4, 0.5) is 17.6 Å². The van der Waals surface area contributed by atoms with Gasteiger partial charge in [0.1, 0.15) is 11.5 Å². The number of rotatable bonds is 8. The molecular formula is C21H21F4N3O3. The third-order valence-electron chi connectivity index (χ3n) is 4.91. The van der Waals surface area contributed by atoms with Crippen molar-refractivity contribution in [2.24, 2.45) is 10.7 Å². The molecule has 0 fully saturated rings. The SMILES string of the molecule is Cc1cc([C@@]2(c3cccc(OCCC(F)F)c3)N=C(N)N(C)C2=O)ccc1OC(F)F. The predicted octanol–water partition coefficient (Wildman–Crippen LogP) is 3.66. The highest BCUT2D eigenvalue weighted by Crippen LogP contribution is 2.41. The second-order valence-corrected chi connectivity index (χ2v) is 6.96. The van der Waals surface area contributed by atoms with Crippen molar-refractivity contribution in [1.82, 2.24) is 4.90 Å². The maximum atomic E-state index is 13.3. The van der Waals surface area contributed by atoms with Crippen LogP contribution in [-0.4, -0.2) is 43.5 Å². The Labute approximate surface area is 176 Å². The average molecular weight is 439 g/mol. The van der Waals surface area contributed by atoms with Crippen molar-refractivity contribution in [3.05, 3.63) is 59.2 Å². The lowest BCUT2D eigenvalue weighted by atomic mass is 9.82. The summed E-state index contributed by atoms with van der Waals surface area (Å²) in [5.74, 6) is -0.243. The van der Waals surface area contributed by atoms with Gasteiger partial charge in [-0.2, -0.15) is 8.78 Å². The second-order valence-electron chi connectivity index (χ2n) is 6.96. The molecule has 1 atom stereocenters. The van der Waals surface area contributed by atoms with Crippen molar-refractivity contribution < 1.29 is 31.8 Å². The van der Waals surface area contributed by atoms with Gasteiger partial charge in [0.15, 0.2) is 11.5 Å². The molecule has 0 unspecified atom stereocenters. The number of hydrogen-bond donors (Lipinski definition) is 1. The number of nitrogens with zero attached hydrogens (tertiary/aromatic N) is 2. The van der Waals surface area contributed by atoms with Gasteiger partial charge >= 0.3 is 6.61 Å². The van der Waals surface area contributed by atoms with Gasteiger partial charge in [-0.1, -0.05) is 18.2 Å². The molecule has 3 rings (SSSR count). The van der Waals surface area contributed by atoms with E-state index < -0.39 is 30.9 Å². The average Bonchev–Trinajstić information content (AvgIpc) is 2.94. The van der Waals surface area contributed by atoms with E-state index in [0.29, 0.717) is 16.7 Å². The van der Waals surface area contributed by atoms with E-state index in [2.05, 4.69) is 9.73 Å². The number of nitrogens with two attached hydrogens (primary N) is 1. The summed E-state index contributed by atoms with van der Waals surface area (Å²) in [6, 6.07) is 10.7. The molecule has 0 bridgehead atoms. The van der Waals surface area contributed by atoms with E-state index in [1.54, 1.807) is 25.1 Å². The second kappa shape index (κ2) is 8.83. The maximum Gasteiger partial charge on any atom is 0.387 e. The highest BCUT2D eigenvalue weighted by molar-refractivity contribution is 6.09. The molecule has 31 heavy (non-hydrogen) atoms. The molecule has 1 aliphatic rings. The van der Waals surface area contributed by atoms with Gasteiger partial charge < -0.3 is 15.2 Å². The minimum Gasteiger partial charge on any atom is -0.493 e. The van der Waals surface area contributed by atoms with Gasteiger partial charge in [-0.05, 0) is 47.9 Å². The van der Waals surface area contributed by atoms with Crippen LogP contribution in [0.5, 0.6) is 11.5 Å². The fourth-order valence-electron chi connectivity index (χ4n) is 3.36. The quantitative estimate of drug-likeness (QED) is 0.637. The molecule has 2 aromatic carbocycles. The number of ether oxygens (including phenoxy) is 2. The largest absolute Gasteiger partial charge is 0.493 e. The molecule has 0 radical (unpaired) electrons. The number of halogens is 4. The van der Waals surface area contributed by atoms with E-state index in [9.17, 15) is 22.4 Å². The molecule has 1 aliphatic heterocycles. The lowest BCUT2D eigenvalue weighted by Crippen LogP contribution is -2.41. The zero-order chi connectivity index (χ0) is 22.8. The van der Waals surface area contributed by atoms with Gasteiger partial charge in [-0.3, -0.25) is 9.69 Å². The van der Waals surface area contributed by atoms with E-state index in [0.717, 1.165) is 0 Å². The fourth-order valence-corrected chi connectivity index (χ4v) is 3.36. The van der Waals surface area contributed by atoms with Crippen LogP contribution < -0.4 is 15.2 Å². The Balaban J connectivity index is 2.07. The lowest BCUT2D eigenvalue weighted by molar-refractivity contribution is -0.129. The Morgan fingerprint density at radius 1 is 1.13 bits per heavy atom. The third kappa shape index (κ3) is 4.42. The van der Waals surface area contributed by atoms with Gasteiger partial charge in [-0.15, -0.1) is 0 Å². The van der Waals surface area contributed by atoms with Crippen LogP contribution in [0.15, 0.2) is 47.5 Å². The van der Waals surface area contributed by atoms with Crippen molar-refractivity contribution in [3.8, 4) is 11.5 Å². The molecule has 1 amide bonds.